The van der Waals surface area contributed by atoms with Crippen LogP contribution in [0.4, 0.5) is 0 Å². The summed E-state index contributed by atoms with van der Waals surface area (Å²) < 4.78 is 0. The molecule has 13 heavy (non-hydrogen) atoms. The van der Waals surface area contributed by atoms with E-state index in [0.717, 1.165) is 0 Å². The first-order valence-corrected chi connectivity index (χ1v) is 13.1. The lowest BCUT2D eigenvalue weighted by Gasteiger charge is -1.97. The third-order valence-corrected chi connectivity index (χ3v) is 14.3. The van der Waals surface area contributed by atoms with Crippen LogP contribution < -0.4 is 0 Å². The zero-order valence-corrected chi connectivity index (χ0v) is 13.4. The van der Waals surface area contributed by atoms with Crippen LogP contribution >= 0.6 is 70.7 Å². The van der Waals surface area contributed by atoms with Gasteiger partial charge in [0.2, 0.25) is 0 Å². The second-order valence-corrected chi connectivity index (χ2v) is 13.5. The molecule has 0 rings (SSSR count). The standard InChI is InChI=1S/C6H14S7/c1-3-5-7-9-11-13-12-10-8-6-4-2/h3-6H2,1-2H3. The molecule has 0 saturated heterocycles. The molecule has 0 aliphatic heterocycles. The molecular weight excluding hydrogens is 297 g/mol. The lowest BCUT2D eigenvalue weighted by molar-refractivity contribution is 1.11. The monoisotopic (exact) mass is 310 g/mol. The van der Waals surface area contributed by atoms with Gasteiger partial charge in [0.15, 0.2) is 0 Å². The van der Waals surface area contributed by atoms with E-state index in [4.69, 9.17) is 0 Å². The summed E-state index contributed by atoms with van der Waals surface area (Å²) in [5.41, 5.74) is 0. The van der Waals surface area contributed by atoms with Gasteiger partial charge in [-0.3, -0.25) is 0 Å². The minimum atomic E-state index is 1.26. The van der Waals surface area contributed by atoms with Crippen LogP contribution in [0, 0.1) is 0 Å². The molecule has 0 N–H and O–H groups in total. The van der Waals surface area contributed by atoms with Gasteiger partial charge >= 0.3 is 0 Å². The van der Waals surface area contributed by atoms with E-state index in [-0.39, 0.29) is 0 Å². The average molecular weight is 311 g/mol. The van der Waals surface area contributed by atoms with Crippen molar-refractivity contribution in [2.75, 3.05) is 11.5 Å². The first kappa shape index (κ1) is 15.4. The molecular formula is C6H14S7. The van der Waals surface area contributed by atoms with E-state index < -0.39 is 0 Å². The summed E-state index contributed by atoms with van der Waals surface area (Å²) in [6.07, 6.45) is 2.55. The fourth-order valence-corrected chi connectivity index (χ4v) is 14.8. The van der Waals surface area contributed by atoms with Crippen LogP contribution in [0.25, 0.3) is 0 Å². The molecule has 0 bridgehead atoms. The molecule has 0 aromatic rings. The minimum Gasteiger partial charge on any atom is -0.0817 e. The molecule has 0 aromatic heterocycles. The minimum absolute atomic E-state index is 1.26. The highest BCUT2D eigenvalue weighted by atomic mass is 33.9. The Morgan fingerprint density at radius 3 is 1.38 bits per heavy atom. The highest BCUT2D eigenvalue weighted by Gasteiger charge is 1.94. The summed E-state index contributed by atoms with van der Waals surface area (Å²) >= 11 is 0. The summed E-state index contributed by atoms with van der Waals surface area (Å²) in [7, 11) is 13.3. The fourth-order valence-electron chi connectivity index (χ4n) is 0.308. The van der Waals surface area contributed by atoms with Gasteiger partial charge in [-0.25, -0.2) is 0 Å². The summed E-state index contributed by atoms with van der Waals surface area (Å²) in [6.45, 7) is 4.44. The van der Waals surface area contributed by atoms with E-state index in [0.29, 0.717) is 0 Å². The molecule has 0 atom stereocenters. The molecule has 0 spiro atoms. The molecule has 7 heteroatoms. The van der Waals surface area contributed by atoms with Crippen molar-refractivity contribution < 1.29 is 0 Å². The Balaban J connectivity index is 2.76. The molecule has 0 amide bonds. The second-order valence-electron chi connectivity index (χ2n) is 1.98. The van der Waals surface area contributed by atoms with E-state index in [1.54, 1.807) is 0 Å². The van der Waals surface area contributed by atoms with E-state index in [9.17, 15) is 0 Å². The van der Waals surface area contributed by atoms with E-state index >= 15 is 0 Å². The second kappa shape index (κ2) is 14.5. The fraction of sp³-hybridized carbons (Fsp3) is 1.00. The molecule has 0 aromatic carbocycles. The molecule has 0 unspecified atom stereocenters. The predicted octanol–water partition coefficient (Wildman–Crippen LogP) is 6.43. The van der Waals surface area contributed by atoms with Crippen molar-refractivity contribution in [1.82, 2.24) is 0 Å². The van der Waals surface area contributed by atoms with Crippen molar-refractivity contribution in [3.05, 3.63) is 0 Å². The van der Waals surface area contributed by atoms with Crippen molar-refractivity contribution in [2.45, 2.75) is 26.7 Å². The lowest BCUT2D eigenvalue weighted by atomic mass is 10.6. The molecule has 80 valence electrons. The number of rotatable bonds is 10. The number of hydrogen-bond acceptors (Lipinski definition) is 7. The van der Waals surface area contributed by atoms with Gasteiger partial charge in [0.1, 0.15) is 0 Å². The summed E-state index contributed by atoms with van der Waals surface area (Å²) in [4.78, 5) is 0. The van der Waals surface area contributed by atoms with Gasteiger partial charge in [0, 0.05) is 11.5 Å². The molecule has 0 heterocycles. The topological polar surface area (TPSA) is 0 Å². The van der Waals surface area contributed by atoms with Crippen molar-refractivity contribution in [1.29, 1.82) is 0 Å². The van der Waals surface area contributed by atoms with Gasteiger partial charge in [0.05, 0.1) is 0 Å². The van der Waals surface area contributed by atoms with Crippen LogP contribution in [0.2, 0.25) is 0 Å². The van der Waals surface area contributed by atoms with Crippen molar-refractivity contribution in [3.8, 4) is 0 Å². The predicted molar refractivity (Wildman–Crippen MR) is 83.5 cm³/mol. The van der Waals surface area contributed by atoms with Crippen LogP contribution in [0.5, 0.6) is 0 Å². The van der Waals surface area contributed by atoms with Crippen LogP contribution in [0.1, 0.15) is 26.7 Å². The van der Waals surface area contributed by atoms with Gasteiger partial charge in [-0.05, 0) is 62.0 Å². The van der Waals surface area contributed by atoms with Crippen LogP contribution in [0.15, 0.2) is 0 Å². The normalized spacial score (nSPS) is 10.6. The Bertz CT molecular complexity index is 79.1. The Kier molecular flexibility index (Phi) is 17.2. The summed E-state index contributed by atoms with van der Waals surface area (Å²) in [5, 5.41) is 0. The molecule has 0 fully saturated rings. The van der Waals surface area contributed by atoms with Crippen molar-refractivity contribution in [2.24, 2.45) is 0 Å². The lowest BCUT2D eigenvalue weighted by Crippen LogP contribution is -1.63. The summed E-state index contributed by atoms with van der Waals surface area (Å²) in [6, 6.07) is 0. The molecule has 0 radical (unpaired) electrons. The molecule has 0 aliphatic rings. The summed E-state index contributed by atoms with van der Waals surface area (Å²) in [5.74, 6) is 2.53. The van der Waals surface area contributed by atoms with E-state index in [1.165, 1.54) is 24.3 Å². The average Bonchev–Trinajstić information content (AvgIpc) is 2.16. The smallest absolute Gasteiger partial charge is 0.00428 e. The Morgan fingerprint density at radius 2 is 1.00 bits per heavy atom. The molecule has 0 nitrogen and oxygen atoms in total. The van der Waals surface area contributed by atoms with Crippen LogP contribution in [-0.4, -0.2) is 11.5 Å². The third-order valence-electron chi connectivity index (χ3n) is 0.782. The maximum Gasteiger partial charge on any atom is 0.00428 e. The Labute approximate surface area is 108 Å². The van der Waals surface area contributed by atoms with Gasteiger partial charge < -0.3 is 0 Å². The van der Waals surface area contributed by atoms with Gasteiger partial charge in [-0.1, -0.05) is 35.4 Å². The third kappa shape index (κ3) is 14.5. The quantitative estimate of drug-likeness (QED) is 0.332. The largest absolute Gasteiger partial charge is 0.0817 e. The van der Waals surface area contributed by atoms with Gasteiger partial charge in [-0.2, -0.15) is 0 Å². The number of hydrogen-bond donors (Lipinski definition) is 0. The molecule has 0 aliphatic carbocycles. The SMILES string of the molecule is CCCSSSSSSSCCC. The maximum absolute atomic E-state index is 2.22. The highest BCUT2D eigenvalue weighted by Crippen LogP contribution is 2.55. The van der Waals surface area contributed by atoms with E-state index in [1.807, 2.05) is 70.7 Å². The van der Waals surface area contributed by atoms with Crippen LogP contribution in [-0.2, 0) is 0 Å². The first-order valence-electron chi connectivity index (χ1n) is 3.99. The zero-order chi connectivity index (χ0) is 9.78. The Hall–Kier alpha value is 2.45. The van der Waals surface area contributed by atoms with Crippen LogP contribution in [0.3, 0.4) is 0 Å². The van der Waals surface area contributed by atoms with Gasteiger partial charge in [-0.15, -0.1) is 0 Å². The van der Waals surface area contributed by atoms with Crippen molar-refractivity contribution >= 4 is 70.7 Å². The van der Waals surface area contributed by atoms with E-state index in [2.05, 4.69) is 13.8 Å². The molecule has 0 saturated carbocycles. The first-order chi connectivity index (χ1) is 6.41. The Morgan fingerprint density at radius 1 is 0.615 bits per heavy atom. The maximum atomic E-state index is 2.22. The highest BCUT2D eigenvalue weighted by molar-refractivity contribution is 9.45. The van der Waals surface area contributed by atoms with Gasteiger partial charge in [0.25, 0.3) is 0 Å². The zero-order valence-electron chi connectivity index (χ0n) is 7.69. The van der Waals surface area contributed by atoms with Crippen molar-refractivity contribution in [3.63, 3.8) is 0 Å².